The van der Waals surface area contributed by atoms with Crippen molar-refractivity contribution >= 4 is 11.9 Å². The molecule has 0 saturated heterocycles. The lowest BCUT2D eigenvalue weighted by molar-refractivity contribution is -0.144. The van der Waals surface area contributed by atoms with Crippen LogP contribution in [-0.4, -0.2) is 33.4 Å². The largest absolute Gasteiger partial charge is 0.481 e. The van der Waals surface area contributed by atoms with Gasteiger partial charge in [0.05, 0.1) is 12.0 Å². The molecule has 5 heteroatoms. The van der Waals surface area contributed by atoms with E-state index in [1.54, 1.807) is 0 Å². The topological polar surface area (TPSA) is 94.8 Å². The van der Waals surface area contributed by atoms with Crippen LogP contribution >= 0.6 is 0 Å². The van der Waals surface area contributed by atoms with Crippen molar-refractivity contribution in [2.45, 2.75) is 32.3 Å². The lowest BCUT2D eigenvalue weighted by Gasteiger charge is -2.13. The van der Waals surface area contributed by atoms with Gasteiger partial charge in [-0.1, -0.05) is 0 Å². The fourth-order valence-electron chi connectivity index (χ4n) is 0.877. The molecule has 13 heavy (non-hydrogen) atoms. The molecule has 0 aromatic heterocycles. The first kappa shape index (κ1) is 11.9. The number of aliphatic hydroxyl groups excluding tert-OH is 1. The summed E-state index contributed by atoms with van der Waals surface area (Å²) >= 11 is 0. The molecule has 2 atom stereocenters. The zero-order valence-corrected chi connectivity index (χ0v) is 7.43. The Hall–Kier alpha value is -1.10. The molecule has 0 saturated carbocycles. The number of carboxylic acid groups (broad SMARTS) is 2. The van der Waals surface area contributed by atoms with Crippen molar-refractivity contribution in [1.29, 1.82) is 0 Å². The molecule has 3 N–H and O–H groups in total. The van der Waals surface area contributed by atoms with Gasteiger partial charge in [-0.05, 0) is 19.8 Å². The lowest BCUT2D eigenvalue weighted by Crippen LogP contribution is -2.25. The molecule has 76 valence electrons. The second-order valence-electron chi connectivity index (χ2n) is 2.98. The average Bonchev–Trinajstić information content (AvgIpc) is 2.02. The van der Waals surface area contributed by atoms with Gasteiger partial charge in [0.2, 0.25) is 0 Å². The summed E-state index contributed by atoms with van der Waals surface area (Å²) in [5, 5.41) is 26.0. The summed E-state index contributed by atoms with van der Waals surface area (Å²) in [6.07, 6.45) is -0.492. The maximum absolute atomic E-state index is 10.4. The molecule has 0 amide bonds. The highest BCUT2D eigenvalue weighted by molar-refractivity contribution is 5.70. The fraction of sp³-hybridized carbons (Fsp3) is 0.750. The van der Waals surface area contributed by atoms with E-state index in [0.29, 0.717) is 6.42 Å². The molecular weight excluding hydrogens is 176 g/mol. The molecule has 0 aromatic rings. The molecule has 0 rings (SSSR count). The third-order valence-electron chi connectivity index (χ3n) is 1.86. The molecule has 2 unspecified atom stereocenters. The molecule has 5 nitrogen and oxygen atoms in total. The average molecular weight is 190 g/mol. The van der Waals surface area contributed by atoms with Crippen molar-refractivity contribution in [3.8, 4) is 0 Å². The zero-order chi connectivity index (χ0) is 10.4. The van der Waals surface area contributed by atoms with E-state index in [4.69, 9.17) is 10.2 Å². The fourth-order valence-corrected chi connectivity index (χ4v) is 0.877. The summed E-state index contributed by atoms with van der Waals surface area (Å²) in [5.74, 6) is -2.84. The number of hydrogen-bond donors (Lipinski definition) is 3. The van der Waals surface area contributed by atoms with Gasteiger partial charge in [0.15, 0.2) is 0 Å². The number of hydrogen-bond acceptors (Lipinski definition) is 3. The van der Waals surface area contributed by atoms with Gasteiger partial charge in [-0.2, -0.15) is 0 Å². The molecule has 0 radical (unpaired) electrons. The number of aliphatic carboxylic acids is 2. The molecule has 0 aromatic carbocycles. The van der Waals surface area contributed by atoms with Crippen LogP contribution in [0.4, 0.5) is 0 Å². The van der Waals surface area contributed by atoms with Crippen LogP contribution in [0.15, 0.2) is 0 Å². The van der Waals surface area contributed by atoms with Gasteiger partial charge in [-0.25, -0.2) is 0 Å². The molecule has 0 aliphatic heterocycles. The Balaban J connectivity index is 3.67. The van der Waals surface area contributed by atoms with Crippen LogP contribution < -0.4 is 0 Å². The first-order chi connectivity index (χ1) is 5.95. The Labute approximate surface area is 76.0 Å². The first-order valence-electron chi connectivity index (χ1n) is 4.07. The highest BCUT2D eigenvalue weighted by Crippen LogP contribution is 2.10. The quantitative estimate of drug-likeness (QED) is 0.560. The van der Waals surface area contributed by atoms with Crippen molar-refractivity contribution in [3.63, 3.8) is 0 Å². The minimum atomic E-state index is -1.07. The second-order valence-corrected chi connectivity index (χ2v) is 2.98. The van der Waals surface area contributed by atoms with E-state index in [0.717, 1.165) is 0 Å². The van der Waals surface area contributed by atoms with Gasteiger partial charge in [0.25, 0.3) is 0 Å². The minimum absolute atomic E-state index is 0.0383. The molecule has 0 fully saturated rings. The van der Waals surface area contributed by atoms with Crippen molar-refractivity contribution in [2.24, 2.45) is 5.92 Å². The van der Waals surface area contributed by atoms with Crippen LogP contribution in [0.5, 0.6) is 0 Å². The van der Waals surface area contributed by atoms with E-state index >= 15 is 0 Å². The van der Waals surface area contributed by atoms with Crippen LogP contribution in [-0.2, 0) is 9.59 Å². The molecule has 0 heterocycles. The zero-order valence-electron chi connectivity index (χ0n) is 7.43. The minimum Gasteiger partial charge on any atom is -0.481 e. The number of aliphatic hydroxyl groups is 1. The Kier molecular flexibility index (Phi) is 5.06. The SMILES string of the molecule is CC(C(=O)O)C(O)CCCC(=O)O. The number of rotatable bonds is 6. The smallest absolute Gasteiger partial charge is 0.308 e. The number of carbonyl (C=O) groups is 2. The van der Waals surface area contributed by atoms with Gasteiger partial charge in [0.1, 0.15) is 0 Å². The standard InChI is InChI=1S/C8H14O5/c1-5(8(12)13)6(9)3-2-4-7(10)11/h5-6,9H,2-4H2,1H3,(H,10,11)(H,12,13). The van der Waals surface area contributed by atoms with E-state index in [2.05, 4.69) is 0 Å². The third kappa shape index (κ3) is 5.19. The predicted molar refractivity (Wildman–Crippen MR) is 44.3 cm³/mol. The van der Waals surface area contributed by atoms with Crippen LogP contribution in [0.25, 0.3) is 0 Å². The Bertz CT molecular complexity index is 189. The van der Waals surface area contributed by atoms with Crippen LogP contribution in [0.2, 0.25) is 0 Å². The molecular formula is C8H14O5. The van der Waals surface area contributed by atoms with Crippen LogP contribution in [0, 0.1) is 5.92 Å². The van der Waals surface area contributed by atoms with E-state index in [-0.39, 0.29) is 12.8 Å². The van der Waals surface area contributed by atoms with Crippen molar-refractivity contribution in [1.82, 2.24) is 0 Å². The van der Waals surface area contributed by atoms with Gasteiger partial charge in [-0.15, -0.1) is 0 Å². The predicted octanol–water partition coefficient (Wildman–Crippen LogP) is 0.323. The summed E-state index contributed by atoms with van der Waals surface area (Å²) in [6, 6.07) is 0. The van der Waals surface area contributed by atoms with E-state index in [1.807, 2.05) is 0 Å². The summed E-state index contributed by atoms with van der Waals surface area (Å²) < 4.78 is 0. The molecule has 0 spiro atoms. The van der Waals surface area contributed by atoms with Gasteiger partial charge in [0, 0.05) is 6.42 Å². The lowest BCUT2D eigenvalue weighted by atomic mass is 10.00. The Morgan fingerprint density at radius 2 is 1.85 bits per heavy atom. The molecule has 0 aliphatic carbocycles. The second kappa shape index (κ2) is 5.53. The maximum Gasteiger partial charge on any atom is 0.308 e. The van der Waals surface area contributed by atoms with Gasteiger partial charge in [-0.3, -0.25) is 9.59 Å². The van der Waals surface area contributed by atoms with Crippen molar-refractivity contribution in [3.05, 3.63) is 0 Å². The van der Waals surface area contributed by atoms with Crippen molar-refractivity contribution < 1.29 is 24.9 Å². The monoisotopic (exact) mass is 190 g/mol. The highest BCUT2D eigenvalue weighted by Gasteiger charge is 2.20. The number of carboxylic acids is 2. The van der Waals surface area contributed by atoms with Crippen LogP contribution in [0.1, 0.15) is 26.2 Å². The van der Waals surface area contributed by atoms with E-state index in [9.17, 15) is 14.7 Å². The summed E-state index contributed by atoms with van der Waals surface area (Å²) in [7, 11) is 0. The van der Waals surface area contributed by atoms with Gasteiger partial charge < -0.3 is 15.3 Å². The van der Waals surface area contributed by atoms with E-state index in [1.165, 1.54) is 6.92 Å². The maximum atomic E-state index is 10.4. The first-order valence-corrected chi connectivity index (χ1v) is 4.07. The normalized spacial score (nSPS) is 14.9. The summed E-state index contributed by atoms with van der Waals surface area (Å²) in [6.45, 7) is 1.40. The van der Waals surface area contributed by atoms with E-state index < -0.39 is 24.0 Å². The van der Waals surface area contributed by atoms with Gasteiger partial charge >= 0.3 is 11.9 Å². The van der Waals surface area contributed by atoms with Crippen molar-refractivity contribution in [2.75, 3.05) is 0 Å². The third-order valence-corrected chi connectivity index (χ3v) is 1.86. The molecule has 0 bridgehead atoms. The summed E-state index contributed by atoms with van der Waals surface area (Å²) in [5.41, 5.74) is 0. The summed E-state index contributed by atoms with van der Waals surface area (Å²) in [4.78, 5) is 20.4. The highest BCUT2D eigenvalue weighted by atomic mass is 16.4. The Morgan fingerprint density at radius 1 is 1.31 bits per heavy atom. The van der Waals surface area contributed by atoms with Crippen LogP contribution in [0.3, 0.4) is 0 Å². The Morgan fingerprint density at radius 3 is 2.23 bits per heavy atom. The molecule has 0 aliphatic rings.